The first-order chi connectivity index (χ1) is 13.8. The molecule has 0 fully saturated rings. The molecule has 0 saturated carbocycles. The van der Waals surface area contributed by atoms with Gasteiger partial charge in [-0.15, -0.1) is 0 Å². The molecule has 0 saturated heterocycles. The molecule has 2 amide bonds. The number of halogens is 3. The number of nitrogens with one attached hydrogen (secondary N) is 1. The molecule has 2 aromatic carbocycles. The molecule has 0 aliphatic carbocycles. The molecule has 5 nitrogen and oxygen atoms in total. The standard InChI is InChI=1S/C21H19Cl2FN2O3/c1-12(2)29-9-8-26-20(27)18(16-7-6-13(22)10-17(16)23)19(21(26)28)25-15-5-3-4-14(24)11-15/h3-7,10-12,25H,8-9H2,1-2H3. The molecule has 1 aliphatic rings. The fraction of sp³-hybridized carbons (Fsp3) is 0.238. The van der Waals surface area contributed by atoms with Crippen LogP contribution < -0.4 is 5.32 Å². The molecule has 0 spiro atoms. The van der Waals surface area contributed by atoms with Crippen LogP contribution in [-0.2, 0) is 14.3 Å². The van der Waals surface area contributed by atoms with Gasteiger partial charge in [-0.05, 0) is 44.2 Å². The smallest absolute Gasteiger partial charge is 0.278 e. The predicted octanol–water partition coefficient (Wildman–Crippen LogP) is 4.75. The van der Waals surface area contributed by atoms with E-state index in [0.717, 1.165) is 4.90 Å². The summed E-state index contributed by atoms with van der Waals surface area (Å²) in [7, 11) is 0. The second kappa shape index (κ2) is 8.95. The highest BCUT2D eigenvalue weighted by Crippen LogP contribution is 2.35. The van der Waals surface area contributed by atoms with Gasteiger partial charge in [0.1, 0.15) is 11.5 Å². The van der Waals surface area contributed by atoms with Gasteiger partial charge in [0, 0.05) is 16.3 Å². The molecule has 0 unspecified atom stereocenters. The topological polar surface area (TPSA) is 58.6 Å². The fourth-order valence-electron chi connectivity index (χ4n) is 2.93. The summed E-state index contributed by atoms with van der Waals surface area (Å²) in [6, 6.07) is 10.3. The van der Waals surface area contributed by atoms with E-state index in [1.807, 2.05) is 13.8 Å². The van der Waals surface area contributed by atoms with E-state index in [0.29, 0.717) is 16.3 Å². The zero-order valence-corrected chi connectivity index (χ0v) is 17.4. The molecule has 1 aliphatic heterocycles. The van der Waals surface area contributed by atoms with Crippen LogP contribution in [0.25, 0.3) is 5.57 Å². The van der Waals surface area contributed by atoms with Crippen LogP contribution in [0.4, 0.5) is 10.1 Å². The summed E-state index contributed by atoms with van der Waals surface area (Å²) >= 11 is 12.3. The lowest BCUT2D eigenvalue weighted by Crippen LogP contribution is -2.35. The Morgan fingerprint density at radius 1 is 1.10 bits per heavy atom. The zero-order valence-electron chi connectivity index (χ0n) is 15.8. The third kappa shape index (κ3) is 4.78. The van der Waals surface area contributed by atoms with Crippen LogP contribution in [-0.4, -0.2) is 36.0 Å². The number of imide groups is 1. The van der Waals surface area contributed by atoms with Crippen molar-refractivity contribution in [2.24, 2.45) is 0 Å². The highest BCUT2D eigenvalue weighted by Gasteiger charge is 2.39. The molecular weight excluding hydrogens is 418 g/mol. The Labute approximate surface area is 178 Å². The second-order valence-corrected chi connectivity index (χ2v) is 7.53. The molecule has 8 heteroatoms. The predicted molar refractivity (Wildman–Crippen MR) is 111 cm³/mol. The largest absolute Gasteiger partial charge is 0.377 e. The minimum Gasteiger partial charge on any atom is -0.377 e. The fourth-order valence-corrected chi connectivity index (χ4v) is 3.43. The summed E-state index contributed by atoms with van der Waals surface area (Å²) in [5.41, 5.74) is 0.824. The SMILES string of the molecule is CC(C)OCCN1C(=O)C(Nc2cccc(F)c2)=C(c2ccc(Cl)cc2Cl)C1=O. The van der Waals surface area contributed by atoms with Crippen molar-refractivity contribution >= 4 is 46.3 Å². The van der Waals surface area contributed by atoms with E-state index in [9.17, 15) is 14.0 Å². The number of benzene rings is 2. The van der Waals surface area contributed by atoms with E-state index in [2.05, 4.69) is 5.32 Å². The third-order valence-electron chi connectivity index (χ3n) is 4.23. The molecular formula is C21H19Cl2FN2O3. The maximum Gasteiger partial charge on any atom is 0.278 e. The van der Waals surface area contributed by atoms with Crippen molar-refractivity contribution in [1.82, 2.24) is 4.90 Å². The van der Waals surface area contributed by atoms with E-state index < -0.39 is 17.6 Å². The van der Waals surface area contributed by atoms with Crippen molar-refractivity contribution < 1.29 is 18.7 Å². The Balaban J connectivity index is 2.01. The first kappa shape index (κ1) is 21.3. The first-order valence-corrected chi connectivity index (χ1v) is 9.73. The molecule has 0 aromatic heterocycles. The van der Waals surface area contributed by atoms with E-state index in [-0.39, 0.29) is 35.5 Å². The number of carbonyl (C=O) groups excluding carboxylic acids is 2. The summed E-state index contributed by atoms with van der Waals surface area (Å²) in [5.74, 6) is -1.52. The van der Waals surface area contributed by atoms with Gasteiger partial charge in [0.25, 0.3) is 11.8 Å². The summed E-state index contributed by atoms with van der Waals surface area (Å²) in [6.07, 6.45) is -0.0363. The number of carbonyl (C=O) groups is 2. The van der Waals surface area contributed by atoms with E-state index in [1.165, 1.54) is 24.3 Å². The number of hydrogen-bond acceptors (Lipinski definition) is 4. The Bertz CT molecular complexity index is 992. The van der Waals surface area contributed by atoms with E-state index in [1.54, 1.807) is 18.2 Å². The lowest BCUT2D eigenvalue weighted by Gasteiger charge is -2.16. The van der Waals surface area contributed by atoms with Gasteiger partial charge in [-0.1, -0.05) is 35.3 Å². The molecule has 2 aromatic rings. The van der Waals surface area contributed by atoms with Crippen LogP contribution >= 0.6 is 23.2 Å². The Hall–Kier alpha value is -2.41. The van der Waals surface area contributed by atoms with Gasteiger partial charge in [0.15, 0.2) is 0 Å². The number of amides is 2. The van der Waals surface area contributed by atoms with Crippen LogP contribution in [0.1, 0.15) is 19.4 Å². The number of ether oxygens (including phenoxy) is 1. The van der Waals surface area contributed by atoms with Crippen molar-refractivity contribution in [1.29, 1.82) is 0 Å². The third-order valence-corrected chi connectivity index (χ3v) is 4.78. The molecule has 152 valence electrons. The molecule has 1 N–H and O–H groups in total. The summed E-state index contributed by atoms with van der Waals surface area (Å²) in [4.78, 5) is 27.2. The van der Waals surface area contributed by atoms with Gasteiger partial charge in [-0.3, -0.25) is 14.5 Å². The lowest BCUT2D eigenvalue weighted by atomic mass is 10.0. The van der Waals surface area contributed by atoms with Crippen LogP contribution in [0.5, 0.6) is 0 Å². The van der Waals surface area contributed by atoms with Crippen molar-refractivity contribution in [2.75, 3.05) is 18.5 Å². The highest BCUT2D eigenvalue weighted by atomic mass is 35.5. The Morgan fingerprint density at radius 3 is 2.52 bits per heavy atom. The molecule has 0 atom stereocenters. The van der Waals surface area contributed by atoms with Gasteiger partial charge in [0.2, 0.25) is 0 Å². The molecule has 0 radical (unpaired) electrons. The minimum atomic E-state index is -0.535. The van der Waals surface area contributed by atoms with Gasteiger partial charge in [0.05, 0.1) is 29.9 Å². The van der Waals surface area contributed by atoms with Crippen LogP contribution in [0, 0.1) is 5.82 Å². The second-order valence-electron chi connectivity index (χ2n) is 6.69. The van der Waals surface area contributed by atoms with Crippen molar-refractivity contribution in [2.45, 2.75) is 20.0 Å². The number of rotatable bonds is 7. The summed E-state index contributed by atoms with van der Waals surface area (Å²) in [5, 5.41) is 3.51. The van der Waals surface area contributed by atoms with Crippen LogP contribution in [0.2, 0.25) is 10.0 Å². The van der Waals surface area contributed by atoms with Crippen LogP contribution in [0.15, 0.2) is 48.2 Å². The maximum atomic E-state index is 13.6. The summed E-state index contributed by atoms with van der Waals surface area (Å²) in [6.45, 7) is 4.01. The van der Waals surface area contributed by atoms with E-state index in [4.69, 9.17) is 27.9 Å². The van der Waals surface area contributed by atoms with Gasteiger partial charge in [-0.25, -0.2) is 4.39 Å². The maximum absolute atomic E-state index is 13.6. The average molecular weight is 437 g/mol. The zero-order chi connectivity index (χ0) is 21.1. The molecule has 3 rings (SSSR count). The lowest BCUT2D eigenvalue weighted by molar-refractivity contribution is -0.137. The number of anilines is 1. The minimum absolute atomic E-state index is 0.0226. The molecule has 29 heavy (non-hydrogen) atoms. The monoisotopic (exact) mass is 436 g/mol. The number of nitrogens with zero attached hydrogens (tertiary/aromatic N) is 1. The normalized spacial score (nSPS) is 14.3. The van der Waals surface area contributed by atoms with Gasteiger partial charge < -0.3 is 10.1 Å². The molecule has 0 bridgehead atoms. The highest BCUT2D eigenvalue weighted by molar-refractivity contribution is 6.41. The number of hydrogen-bond donors (Lipinski definition) is 1. The first-order valence-electron chi connectivity index (χ1n) is 8.98. The Kier molecular flexibility index (Phi) is 6.57. The van der Waals surface area contributed by atoms with Crippen molar-refractivity contribution in [3.63, 3.8) is 0 Å². The molecule has 1 heterocycles. The van der Waals surface area contributed by atoms with Crippen LogP contribution in [0.3, 0.4) is 0 Å². The van der Waals surface area contributed by atoms with Gasteiger partial charge in [-0.2, -0.15) is 0 Å². The Morgan fingerprint density at radius 2 is 1.86 bits per heavy atom. The summed E-state index contributed by atoms with van der Waals surface area (Å²) < 4.78 is 19.1. The quantitative estimate of drug-likeness (QED) is 0.636. The van der Waals surface area contributed by atoms with Crippen molar-refractivity contribution in [3.8, 4) is 0 Å². The van der Waals surface area contributed by atoms with Gasteiger partial charge >= 0.3 is 0 Å². The average Bonchev–Trinajstić information content (AvgIpc) is 2.86. The van der Waals surface area contributed by atoms with Crippen molar-refractivity contribution in [3.05, 3.63) is 69.6 Å². The van der Waals surface area contributed by atoms with E-state index >= 15 is 0 Å².